The smallest absolute Gasteiger partial charge is 0.312 e. The van der Waals surface area contributed by atoms with Crippen LogP contribution in [-0.4, -0.2) is 53.8 Å². The first-order chi connectivity index (χ1) is 11.6. The molecule has 24 heavy (non-hydrogen) atoms. The fourth-order valence-electron chi connectivity index (χ4n) is 3.34. The maximum Gasteiger partial charge on any atom is 0.312 e. The molecular weight excluding hydrogens is 310 g/mol. The molecule has 0 saturated carbocycles. The van der Waals surface area contributed by atoms with Crippen molar-refractivity contribution in [3.63, 3.8) is 0 Å². The zero-order valence-electron chi connectivity index (χ0n) is 13.8. The minimum atomic E-state index is -0.909. The van der Waals surface area contributed by atoms with Gasteiger partial charge in [-0.15, -0.1) is 0 Å². The quantitative estimate of drug-likeness (QED) is 0.889. The summed E-state index contributed by atoms with van der Waals surface area (Å²) < 4.78 is 11.2. The molecule has 1 fully saturated rings. The van der Waals surface area contributed by atoms with E-state index in [0.29, 0.717) is 13.2 Å². The third-order valence-corrected chi connectivity index (χ3v) is 4.71. The number of hydrogen-bond donors (Lipinski definition) is 1. The molecule has 1 N–H and O–H groups in total. The normalized spacial score (nSPS) is 24.5. The summed E-state index contributed by atoms with van der Waals surface area (Å²) >= 11 is 0. The monoisotopic (exact) mass is 333 g/mol. The molecule has 1 aromatic rings. The van der Waals surface area contributed by atoms with Crippen molar-refractivity contribution in [3.05, 3.63) is 35.4 Å². The lowest BCUT2D eigenvalue weighted by Gasteiger charge is -2.34. The predicted octanol–water partition coefficient (Wildman–Crippen LogP) is 1.78. The molecule has 6 nitrogen and oxygen atoms in total. The van der Waals surface area contributed by atoms with Gasteiger partial charge in [0.2, 0.25) is 0 Å². The number of ether oxygens (including phenoxy) is 2. The fourth-order valence-corrected chi connectivity index (χ4v) is 3.34. The summed E-state index contributed by atoms with van der Waals surface area (Å²) in [6.07, 6.45) is 1.45. The Morgan fingerprint density at radius 3 is 2.92 bits per heavy atom. The van der Waals surface area contributed by atoms with Crippen LogP contribution >= 0.6 is 0 Å². The molecule has 3 unspecified atom stereocenters. The lowest BCUT2D eigenvalue weighted by molar-refractivity contribution is -0.148. The Bertz CT molecular complexity index is 611. The van der Waals surface area contributed by atoms with Crippen molar-refractivity contribution in [2.24, 2.45) is 0 Å². The molecule has 1 aromatic carbocycles. The van der Waals surface area contributed by atoms with Gasteiger partial charge in [-0.2, -0.15) is 0 Å². The third kappa shape index (κ3) is 3.60. The van der Waals surface area contributed by atoms with Crippen LogP contribution in [0.2, 0.25) is 0 Å². The molecule has 0 spiro atoms. The number of fused-ring (bicyclic) bond motifs is 1. The van der Waals surface area contributed by atoms with Gasteiger partial charge in [-0.1, -0.05) is 24.3 Å². The molecule has 6 heteroatoms. The number of carboxylic acids is 1. The van der Waals surface area contributed by atoms with Gasteiger partial charge >= 0.3 is 5.97 Å². The van der Waals surface area contributed by atoms with Gasteiger partial charge in [0.15, 0.2) is 0 Å². The number of benzene rings is 1. The van der Waals surface area contributed by atoms with Gasteiger partial charge < -0.3 is 19.5 Å². The van der Waals surface area contributed by atoms with E-state index in [1.807, 2.05) is 24.3 Å². The van der Waals surface area contributed by atoms with Crippen molar-refractivity contribution in [1.29, 1.82) is 0 Å². The van der Waals surface area contributed by atoms with Crippen molar-refractivity contribution in [1.82, 2.24) is 4.90 Å². The van der Waals surface area contributed by atoms with Crippen molar-refractivity contribution >= 4 is 11.9 Å². The lowest BCUT2D eigenvalue weighted by Crippen LogP contribution is -2.45. The van der Waals surface area contributed by atoms with E-state index in [1.54, 1.807) is 11.8 Å². The summed E-state index contributed by atoms with van der Waals surface area (Å²) in [7, 11) is 0. The standard InChI is InChI=1S/C18H23NO5/c1-12(24-11-14-6-4-8-23-14)17(20)19-9-13-5-2-3-7-15(13)16(10-19)18(21)22/h2-3,5,7,12,14,16H,4,6,8-11H2,1H3,(H,21,22). The number of amides is 1. The largest absolute Gasteiger partial charge is 0.481 e. The van der Waals surface area contributed by atoms with Crippen molar-refractivity contribution in [2.75, 3.05) is 19.8 Å². The second-order valence-corrected chi connectivity index (χ2v) is 6.42. The van der Waals surface area contributed by atoms with Crippen LogP contribution in [0.4, 0.5) is 0 Å². The van der Waals surface area contributed by atoms with Crippen LogP contribution in [0.5, 0.6) is 0 Å². The Kier molecular flexibility index (Phi) is 5.16. The number of hydrogen-bond acceptors (Lipinski definition) is 4. The molecule has 1 amide bonds. The van der Waals surface area contributed by atoms with Crippen molar-refractivity contribution in [3.8, 4) is 0 Å². The van der Waals surface area contributed by atoms with Crippen LogP contribution in [0.15, 0.2) is 24.3 Å². The fraction of sp³-hybridized carbons (Fsp3) is 0.556. The van der Waals surface area contributed by atoms with E-state index < -0.39 is 18.0 Å². The van der Waals surface area contributed by atoms with Gasteiger partial charge in [0.1, 0.15) is 6.10 Å². The highest BCUT2D eigenvalue weighted by molar-refractivity contribution is 5.83. The molecule has 0 radical (unpaired) electrons. The topological polar surface area (TPSA) is 76.1 Å². The predicted molar refractivity (Wildman–Crippen MR) is 86.6 cm³/mol. The Balaban J connectivity index is 1.65. The zero-order valence-corrected chi connectivity index (χ0v) is 13.8. The second-order valence-electron chi connectivity index (χ2n) is 6.42. The number of nitrogens with zero attached hydrogens (tertiary/aromatic N) is 1. The van der Waals surface area contributed by atoms with Crippen LogP contribution in [0, 0.1) is 0 Å². The Hall–Kier alpha value is -1.92. The molecular formula is C18H23NO5. The summed E-state index contributed by atoms with van der Waals surface area (Å²) in [5, 5.41) is 9.48. The number of carbonyl (C=O) groups excluding carboxylic acids is 1. The SMILES string of the molecule is CC(OCC1CCCO1)C(=O)N1Cc2ccccc2C(C(=O)O)C1. The number of carboxylic acid groups (broad SMARTS) is 1. The van der Waals surface area contributed by atoms with Gasteiger partial charge in [0, 0.05) is 19.7 Å². The minimum Gasteiger partial charge on any atom is -0.481 e. The first-order valence-corrected chi connectivity index (χ1v) is 8.39. The molecule has 1 saturated heterocycles. The Morgan fingerprint density at radius 2 is 2.21 bits per heavy atom. The maximum absolute atomic E-state index is 12.6. The molecule has 0 aliphatic carbocycles. The van der Waals surface area contributed by atoms with Crippen LogP contribution in [0.1, 0.15) is 36.8 Å². The van der Waals surface area contributed by atoms with Crippen LogP contribution in [0.25, 0.3) is 0 Å². The van der Waals surface area contributed by atoms with E-state index in [9.17, 15) is 14.7 Å². The van der Waals surface area contributed by atoms with E-state index >= 15 is 0 Å². The molecule has 0 bridgehead atoms. The van der Waals surface area contributed by atoms with E-state index in [-0.39, 0.29) is 18.6 Å². The minimum absolute atomic E-state index is 0.0640. The molecule has 2 heterocycles. The van der Waals surface area contributed by atoms with Gasteiger partial charge in [0.25, 0.3) is 5.91 Å². The van der Waals surface area contributed by atoms with E-state index in [1.165, 1.54) is 0 Å². The van der Waals surface area contributed by atoms with Gasteiger partial charge in [0.05, 0.1) is 18.6 Å². The molecule has 3 rings (SSSR count). The molecule has 2 aliphatic heterocycles. The Labute approximate surface area is 141 Å². The number of rotatable bonds is 5. The first-order valence-electron chi connectivity index (χ1n) is 8.39. The molecule has 130 valence electrons. The van der Waals surface area contributed by atoms with E-state index in [2.05, 4.69) is 0 Å². The average molecular weight is 333 g/mol. The zero-order chi connectivity index (χ0) is 17.1. The second kappa shape index (κ2) is 7.32. The maximum atomic E-state index is 12.6. The van der Waals surface area contributed by atoms with Crippen molar-refractivity contribution in [2.45, 2.75) is 44.4 Å². The van der Waals surface area contributed by atoms with E-state index in [4.69, 9.17) is 9.47 Å². The third-order valence-electron chi connectivity index (χ3n) is 4.71. The summed E-state index contributed by atoms with van der Waals surface area (Å²) in [6.45, 7) is 3.47. The van der Waals surface area contributed by atoms with Crippen LogP contribution in [0.3, 0.4) is 0 Å². The number of aliphatic carboxylic acids is 1. The lowest BCUT2D eigenvalue weighted by atomic mass is 9.89. The highest BCUT2D eigenvalue weighted by Crippen LogP contribution is 2.29. The molecule has 3 atom stereocenters. The van der Waals surface area contributed by atoms with E-state index in [0.717, 1.165) is 30.6 Å². The van der Waals surface area contributed by atoms with Crippen LogP contribution in [-0.2, 0) is 25.6 Å². The summed E-state index contributed by atoms with van der Waals surface area (Å²) in [5.74, 6) is -1.77. The number of carbonyl (C=O) groups is 2. The summed E-state index contributed by atoms with van der Waals surface area (Å²) in [5.41, 5.74) is 1.68. The van der Waals surface area contributed by atoms with Crippen molar-refractivity contribution < 1.29 is 24.2 Å². The van der Waals surface area contributed by atoms with Gasteiger partial charge in [-0.3, -0.25) is 9.59 Å². The average Bonchev–Trinajstić information content (AvgIpc) is 3.11. The Morgan fingerprint density at radius 1 is 1.42 bits per heavy atom. The highest BCUT2D eigenvalue weighted by Gasteiger charge is 2.34. The molecule has 2 aliphatic rings. The first kappa shape index (κ1) is 16.9. The van der Waals surface area contributed by atoms with Gasteiger partial charge in [-0.25, -0.2) is 0 Å². The summed E-state index contributed by atoms with van der Waals surface area (Å²) in [4.78, 5) is 25.8. The van der Waals surface area contributed by atoms with Crippen LogP contribution < -0.4 is 0 Å². The molecule has 0 aromatic heterocycles. The van der Waals surface area contributed by atoms with Gasteiger partial charge in [-0.05, 0) is 30.9 Å². The highest BCUT2D eigenvalue weighted by atomic mass is 16.5. The summed E-state index contributed by atoms with van der Waals surface area (Å²) in [6, 6.07) is 7.40.